The molecule has 0 radical (unpaired) electrons. The van der Waals surface area contributed by atoms with Crippen LogP contribution in [-0.4, -0.2) is 21.2 Å². The molecule has 21 heavy (non-hydrogen) atoms. The number of carbonyl (C=O) groups is 1. The van der Waals surface area contributed by atoms with E-state index in [9.17, 15) is 9.35 Å². The molecule has 0 amide bonds. The van der Waals surface area contributed by atoms with E-state index in [1.165, 1.54) is 6.20 Å². The number of hydrogen-bond donors (Lipinski definition) is 0. The number of nitrogens with zero attached hydrogens (tertiary/aromatic N) is 1. The Labute approximate surface area is 126 Å². The predicted octanol–water partition coefficient (Wildman–Crippen LogP) is 3.05. The highest BCUT2D eigenvalue weighted by Crippen LogP contribution is 2.42. The minimum atomic E-state index is -0.945. The van der Waals surface area contributed by atoms with Gasteiger partial charge in [-0.1, -0.05) is 29.4 Å². The lowest BCUT2D eigenvalue weighted by molar-refractivity contribution is 0.103. The number of benzene rings is 1. The van der Waals surface area contributed by atoms with Crippen molar-refractivity contribution in [3.8, 4) is 0 Å². The lowest BCUT2D eigenvalue weighted by Crippen LogP contribution is -2.12. The van der Waals surface area contributed by atoms with E-state index in [1.807, 2.05) is 25.1 Å². The minimum absolute atomic E-state index is 0.0816. The fourth-order valence-electron chi connectivity index (χ4n) is 2.35. The van der Waals surface area contributed by atoms with E-state index >= 15 is 0 Å². The molecule has 1 aromatic carbocycles. The zero-order valence-corrected chi connectivity index (χ0v) is 12.7. The third kappa shape index (κ3) is 3.04. The molecular formula is C16H17NO3S. The topological polar surface area (TPSA) is 66.2 Å². The molecule has 0 bridgehead atoms. The van der Waals surface area contributed by atoms with Crippen molar-refractivity contribution in [2.75, 3.05) is 5.75 Å². The largest absolute Gasteiger partial charge is 0.616 e. The van der Waals surface area contributed by atoms with Crippen LogP contribution in [0.3, 0.4) is 0 Å². The Balaban J connectivity index is 1.92. The zero-order valence-electron chi connectivity index (χ0n) is 11.9. The van der Waals surface area contributed by atoms with E-state index < -0.39 is 11.2 Å². The monoisotopic (exact) mass is 303 g/mol. The Morgan fingerprint density at radius 1 is 1.38 bits per heavy atom. The standard InChI is InChI=1S/C16H17NO3S/c1-2-21(19)10-12-5-3-4-6-13(12)15(18)14-9-17-20-16(14)11-7-8-11/h3-6,9,11H,2,7-8,10H2,1H3. The molecule has 2 aromatic rings. The van der Waals surface area contributed by atoms with Crippen LogP contribution in [0.5, 0.6) is 0 Å². The van der Waals surface area contributed by atoms with E-state index in [0.29, 0.717) is 34.3 Å². The smallest absolute Gasteiger partial charge is 0.198 e. The van der Waals surface area contributed by atoms with Crippen molar-refractivity contribution >= 4 is 17.0 Å². The van der Waals surface area contributed by atoms with Gasteiger partial charge in [-0.2, -0.15) is 0 Å². The lowest BCUT2D eigenvalue weighted by atomic mass is 9.99. The summed E-state index contributed by atoms with van der Waals surface area (Å²) in [6.07, 6.45) is 3.61. The number of ketones is 1. The van der Waals surface area contributed by atoms with Gasteiger partial charge in [0.25, 0.3) is 0 Å². The predicted molar refractivity (Wildman–Crippen MR) is 80.7 cm³/mol. The molecular weight excluding hydrogens is 286 g/mol. The zero-order chi connectivity index (χ0) is 14.8. The van der Waals surface area contributed by atoms with E-state index in [-0.39, 0.29) is 5.78 Å². The van der Waals surface area contributed by atoms with Crippen molar-refractivity contribution in [2.24, 2.45) is 0 Å². The number of aromatic nitrogens is 1. The highest BCUT2D eigenvalue weighted by Gasteiger charge is 2.33. The maximum atomic E-state index is 12.8. The first-order chi connectivity index (χ1) is 10.2. The Morgan fingerprint density at radius 2 is 2.14 bits per heavy atom. The normalized spacial score (nSPS) is 15.9. The first-order valence-electron chi connectivity index (χ1n) is 7.12. The molecule has 1 saturated carbocycles. The van der Waals surface area contributed by atoms with Gasteiger partial charge in [0.15, 0.2) is 11.5 Å². The van der Waals surface area contributed by atoms with Gasteiger partial charge in [0.1, 0.15) is 11.5 Å². The van der Waals surface area contributed by atoms with Crippen molar-refractivity contribution in [3.05, 3.63) is 52.9 Å². The SMILES string of the molecule is CC[S+]([O-])Cc1ccccc1C(=O)c1cnoc1C1CC1. The quantitative estimate of drug-likeness (QED) is 0.607. The summed E-state index contributed by atoms with van der Waals surface area (Å²) in [5.74, 6) is 1.95. The van der Waals surface area contributed by atoms with Crippen molar-refractivity contribution in [2.45, 2.75) is 31.4 Å². The van der Waals surface area contributed by atoms with E-state index in [1.54, 1.807) is 6.07 Å². The molecule has 0 N–H and O–H groups in total. The highest BCUT2D eigenvalue weighted by molar-refractivity contribution is 7.90. The van der Waals surface area contributed by atoms with Crippen molar-refractivity contribution < 1.29 is 13.9 Å². The maximum absolute atomic E-state index is 12.8. The van der Waals surface area contributed by atoms with Gasteiger partial charge in [0.2, 0.25) is 0 Å². The summed E-state index contributed by atoms with van der Waals surface area (Å²) in [5, 5.41) is 3.78. The van der Waals surface area contributed by atoms with Gasteiger partial charge in [0.05, 0.1) is 11.8 Å². The van der Waals surface area contributed by atoms with Crippen LogP contribution in [0.2, 0.25) is 0 Å². The maximum Gasteiger partial charge on any atom is 0.198 e. The molecule has 4 nitrogen and oxygen atoms in total. The van der Waals surface area contributed by atoms with Crippen LogP contribution in [-0.2, 0) is 16.9 Å². The second-order valence-electron chi connectivity index (χ2n) is 5.24. The van der Waals surface area contributed by atoms with Crippen LogP contribution in [0.25, 0.3) is 0 Å². The average Bonchev–Trinajstić information content (AvgIpc) is 3.24. The van der Waals surface area contributed by atoms with E-state index in [4.69, 9.17) is 4.52 Å². The average molecular weight is 303 g/mol. The number of rotatable bonds is 6. The van der Waals surface area contributed by atoms with Crippen LogP contribution in [0.1, 0.15) is 52.9 Å². The van der Waals surface area contributed by atoms with Gasteiger partial charge in [-0.15, -0.1) is 0 Å². The van der Waals surface area contributed by atoms with Gasteiger partial charge >= 0.3 is 0 Å². The van der Waals surface area contributed by atoms with Crippen LogP contribution >= 0.6 is 0 Å². The fourth-order valence-corrected chi connectivity index (χ4v) is 3.15. The van der Waals surface area contributed by atoms with Gasteiger partial charge in [0, 0.05) is 17.0 Å². The van der Waals surface area contributed by atoms with Gasteiger partial charge < -0.3 is 9.08 Å². The Hall–Kier alpha value is -1.59. The molecule has 1 aliphatic carbocycles. The Kier molecular flexibility index (Phi) is 4.12. The minimum Gasteiger partial charge on any atom is -0.616 e. The molecule has 3 rings (SSSR count). The molecule has 1 heterocycles. The molecule has 0 aliphatic heterocycles. The molecule has 110 valence electrons. The van der Waals surface area contributed by atoms with E-state index in [2.05, 4.69) is 5.16 Å². The van der Waals surface area contributed by atoms with Crippen molar-refractivity contribution in [1.82, 2.24) is 5.16 Å². The van der Waals surface area contributed by atoms with Crippen LogP contribution < -0.4 is 0 Å². The Bertz CT molecular complexity index is 648. The second kappa shape index (κ2) is 6.03. The molecule has 1 atom stereocenters. The van der Waals surface area contributed by atoms with Crippen molar-refractivity contribution in [3.63, 3.8) is 0 Å². The summed E-state index contributed by atoms with van der Waals surface area (Å²) in [5.41, 5.74) is 1.97. The summed E-state index contributed by atoms with van der Waals surface area (Å²) >= 11 is -0.945. The molecule has 5 heteroatoms. The molecule has 1 aromatic heterocycles. The van der Waals surface area contributed by atoms with Crippen LogP contribution in [0, 0.1) is 0 Å². The summed E-state index contributed by atoms with van der Waals surface area (Å²) in [6.45, 7) is 1.88. The highest BCUT2D eigenvalue weighted by atomic mass is 32.2. The molecule has 1 unspecified atom stereocenters. The fraction of sp³-hybridized carbons (Fsp3) is 0.375. The summed E-state index contributed by atoms with van der Waals surface area (Å²) < 4.78 is 17.0. The summed E-state index contributed by atoms with van der Waals surface area (Å²) in [7, 11) is 0. The number of hydrogen-bond acceptors (Lipinski definition) is 4. The second-order valence-corrected chi connectivity index (χ2v) is 6.98. The van der Waals surface area contributed by atoms with Gasteiger partial charge in [-0.05, 0) is 30.9 Å². The molecule has 0 spiro atoms. The molecule has 1 fully saturated rings. The van der Waals surface area contributed by atoms with E-state index in [0.717, 1.165) is 18.4 Å². The number of carbonyl (C=O) groups excluding carboxylic acids is 1. The van der Waals surface area contributed by atoms with Gasteiger partial charge in [-0.3, -0.25) is 4.79 Å². The third-order valence-electron chi connectivity index (χ3n) is 3.69. The summed E-state index contributed by atoms with van der Waals surface area (Å²) in [6, 6.07) is 7.35. The lowest BCUT2D eigenvalue weighted by Gasteiger charge is -2.11. The van der Waals surface area contributed by atoms with Crippen LogP contribution in [0.15, 0.2) is 35.0 Å². The first-order valence-corrected chi connectivity index (χ1v) is 8.61. The molecule has 0 saturated heterocycles. The van der Waals surface area contributed by atoms with Crippen LogP contribution in [0.4, 0.5) is 0 Å². The molecule has 1 aliphatic rings. The third-order valence-corrected chi connectivity index (χ3v) is 4.97. The Morgan fingerprint density at radius 3 is 2.86 bits per heavy atom. The van der Waals surface area contributed by atoms with Crippen molar-refractivity contribution in [1.29, 1.82) is 0 Å². The first kappa shape index (κ1) is 14.4. The summed E-state index contributed by atoms with van der Waals surface area (Å²) in [4.78, 5) is 12.8. The van der Waals surface area contributed by atoms with Gasteiger partial charge in [-0.25, -0.2) is 0 Å².